The maximum atomic E-state index is 13.6. The number of fused-ring (bicyclic) bond motifs is 1. The normalized spacial score (nSPS) is 10.9. The summed E-state index contributed by atoms with van der Waals surface area (Å²) in [5.41, 5.74) is 6.90. The second kappa shape index (κ2) is 3.59. The summed E-state index contributed by atoms with van der Waals surface area (Å²) in [5.74, 6) is -0.00535. The molecule has 0 spiro atoms. The number of benzene rings is 2. The highest BCUT2D eigenvalue weighted by Gasteiger charge is 2.10. The molecule has 0 aliphatic rings. The summed E-state index contributed by atoms with van der Waals surface area (Å²) in [6.07, 6.45) is 0. The average Bonchev–Trinajstić information content (AvgIpc) is 2.77. The van der Waals surface area contributed by atoms with Crippen LogP contribution >= 0.6 is 0 Å². The Morgan fingerprint density at radius 2 is 1.82 bits per heavy atom. The molecule has 0 unspecified atom stereocenters. The van der Waals surface area contributed by atoms with E-state index in [1.165, 1.54) is 6.07 Å². The molecule has 4 heteroatoms. The SMILES string of the molecule is Nc1cc(-c2ccc(F)c3ccccc23)no1. The van der Waals surface area contributed by atoms with Gasteiger partial charge in [0.2, 0.25) is 5.88 Å². The monoisotopic (exact) mass is 228 g/mol. The molecule has 17 heavy (non-hydrogen) atoms. The number of nitrogens with zero attached hydrogens (tertiary/aromatic N) is 1. The second-order valence-corrected chi connectivity index (χ2v) is 3.76. The Balaban J connectivity index is 2.34. The van der Waals surface area contributed by atoms with Gasteiger partial charge in [-0.15, -0.1) is 0 Å². The first-order chi connectivity index (χ1) is 8.25. The second-order valence-electron chi connectivity index (χ2n) is 3.76. The molecule has 2 aromatic carbocycles. The van der Waals surface area contributed by atoms with Crippen LogP contribution in [-0.4, -0.2) is 5.16 Å². The van der Waals surface area contributed by atoms with E-state index in [0.29, 0.717) is 11.1 Å². The molecular formula is C13H9FN2O. The van der Waals surface area contributed by atoms with E-state index in [1.807, 2.05) is 12.1 Å². The third kappa shape index (κ3) is 1.54. The molecule has 0 aliphatic heterocycles. The summed E-state index contributed by atoms with van der Waals surface area (Å²) in [6, 6.07) is 12.0. The predicted octanol–water partition coefficient (Wildman–Crippen LogP) is 3.22. The van der Waals surface area contributed by atoms with E-state index >= 15 is 0 Å². The molecule has 0 atom stereocenters. The van der Waals surface area contributed by atoms with Crippen LogP contribution in [0.15, 0.2) is 47.0 Å². The standard InChI is InChI=1S/C13H9FN2O/c14-11-6-5-10(12-7-13(15)17-16-12)8-3-1-2-4-9(8)11/h1-7H,15H2. The van der Waals surface area contributed by atoms with E-state index in [-0.39, 0.29) is 11.7 Å². The Bertz CT molecular complexity index is 691. The molecule has 0 fully saturated rings. The molecule has 1 heterocycles. The summed E-state index contributed by atoms with van der Waals surface area (Å²) < 4.78 is 18.5. The molecule has 3 aromatic rings. The van der Waals surface area contributed by atoms with Crippen molar-refractivity contribution in [2.24, 2.45) is 0 Å². The summed E-state index contributed by atoms with van der Waals surface area (Å²) in [5, 5.41) is 5.20. The third-order valence-corrected chi connectivity index (χ3v) is 2.68. The van der Waals surface area contributed by atoms with Crippen molar-refractivity contribution in [1.82, 2.24) is 5.16 Å². The van der Waals surface area contributed by atoms with Crippen molar-refractivity contribution in [3.63, 3.8) is 0 Å². The fraction of sp³-hybridized carbons (Fsp3) is 0. The summed E-state index contributed by atoms with van der Waals surface area (Å²) >= 11 is 0. The number of hydrogen-bond donors (Lipinski definition) is 1. The molecule has 3 nitrogen and oxygen atoms in total. The van der Waals surface area contributed by atoms with E-state index in [0.717, 1.165) is 10.9 Å². The van der Waals surface area contributed by atoms with Crippen molar-refractivity contribution in [1.29, 1.82) is 0 Å². The molecule has 3 rings (SSSR count). The van der Waals surface area contributed by atoms with Crippen molar-refractivity contribution < 1.29 is 8.91 Å². The molecule has 0 saturated carbocycles. The maximum absolute atomic E-state index is 13.6. The summed E-state index contributed by atoms with van der Waals surface area (Å²) in [4.78, 5) is 0. The lowest BCUT2D eigenvalue weighted by molar-refractivity contribution is 0.439. The fourth-order valence-corrected chi connectivity index (χ4v) is 1.90. The smallest absolute Gasteiger partial charge is 0.222 e. The van der Waals surface area contributed by atoms with Crippen LogP contribution in [0.2, 0.25) is 0 Å². The van der Waals surface area contributed by atoms with Crippen LogP contribution < -0.4 is 5.73 Å². The van der Waals surface area contributed by atoms with Crippen molar-refractivity contribution in [3.05, 3.63) is 48.3 Å². The number of rotatable bonds is 1. The van der Waals surface area contributed by atoms with Gasteiger partial charge in [0.25, 0.3) is 0 Å². The molecule has 84 valence electrons. The number of halogens is 1. The number of hydrogen-bond acceptors (Lipinski definition) is 3. The van der Waals surface area contributed by atoms with Crippen molar-refractivity contribution >= 4 is 16.7 Å². The molecule has 2 N–H and O–H groups in total. The van der Waals surface area contributed by atoms with Crippen molar-refractivity contribution in [2.45, 2.75) is 0 Å². The van der Waals surface area contributed by atoms with Crippen LogP contribution in [0.5, 0.6) is 0 Å². The van der Waals surface area contributed by atoms with Crippen LogP contribution in [0.3, 0.4) is 0 Å². The van der Waals surface area contributed by atoms with E-state index in [2.05, 4.69) is 5.16 Å². The molecule has 0 bridgehead atoms. The Labute approximate surface area is 96.6 Å². The molecule has 0 saturated heterocycles. The predicted molar refractivity (Wildman–Crippen MR) is 63.8 cm³/mol. The molecule has 0 amide bonds. The van der Waals surface area contributed by atoms with Crippen LogP contribution in [0.25, 0.3) is 22.0 Å². The lowest BCUT2D eigenvalue weighted by Gasteiger charge is -2.03. The van der Waals surface area contributed by atoms with Gasteiger partial charge in [0.05, 0.1) is 0 Å². The number of nitrogen functional groups attached to an aromatic ring is 1. The fourth-order valence-electron chi connectivity index (χ4n) is 1.90. The summed E-state index contributed by atoms with van der Waals surface area (Å²) in [7, 11) is 0. The first-order valence-electron chi connectivity index (χ1n) is 5.15. The molecular weight excluding hydrogens is 219 g/mol. The number of nitrogens with two attached hydrogens (primary N) is 1. The lowest BCUT2D eigenvalue weighted by atomic mass is 10.0. The van der Waals surface area contributed by atoms with Gasteiger partial charge < -0.3 is 10.3 Å². The average molecular weight is 228 g/mol. The van der Waals surface area contributed by atoms with Crippen LogP contribution in [-0.2, 0) is 0 Å². The van der Waals surface area contributed by atoms with Crippen LogP contribution in [0, 0.1) is 5.82 Å². The van der Waals surface area contributed by atoms with Gasteiger partial charge in [-0.1, -0.05) is 29.4 Å². The lowest BCUT2D eigenvalue weighted by Crippen LogP contribution is -1.84. The highest BCUT2D eigenvalue weighted by atomic mass is 19.1. The zero-order chi connectivity index (χ0) is 11.8. The summed E-state index contributed by atoms with van der Waals surface area (Å²) in [6.45, 7) is 0. The number of anilines is 1. The zero-order valence-corrected chi connectivity index (χ0v) is 8.85. The van der Waals surface area contributed by atoms with Gasteiger partial charge in [-0.25, -0.2) is 4.39 Å². The Morgan fingerprint density at radius 3 is 2.53 bits per heavy atom. The Hall–Kier alpha value is -2.36. The van der Waals surface area contributed by atoms with Gasteiger partial charge in [-0.2, -0.15) is 0 Å². The quantitative estimate of drug-likeness (QED) is 0.695. The van der Waals surface area contributed by atoms with Crippen molar-refractivity contribution in [2.75, 3.05) is 5.73 Å². The van der Waals surface area contributed by atoms with Gasteiger partial charge in [0, 0.05) is 17.0 Å². The van der Waals surface area contributed by atoms with Gasteiger partial charge in [0.15, 0.2) is 0 Å². The topological polar surface area (TPSA) is 52.0 Å². The Kier molecular flexibility index (Phi) is 2.08. The molecule has 0 aliphatic carbocycles. The van der Waals surface area contributed by atoms with Crippen LogP contribution in [0.1, 0.15) is 0 Å². The minimum Gasteiger partial charge on any atom is -0.368 e. The minimum atomic E-state index is -0.249. The largest absolute Gasteiger partial charge is 0.368 e. The van der Waals surface area contributed by atoms with Gasteiger partial charge in [-0.3, -0.25) is 0 Å². The third-order valence-electron chi connectivity index (χ3n) is 2.68. The van der Waals surface area contributed by atoms with Crippen LogP contribution in [0.4, 0.5) is 10.3 Å². The molecule has 0 radical (unpaired) electrons. The van der Waals surface area contributed by atoms with Gasteiger partial charge in [0.1, 0.15) is 11.5 Å². The maximum Gasteiger partial charge on any atom is 0.222 e. The Morgan fingerprint density at radius 1 is 1.06 bits per heavy atom. The van der Waals surface area contributed by atoms with Gasteiger partial charge >= 0.3 is 0 Å². The first-order valence-corrected chi connectivity index (χ1v) is 5.15. The number of aromatic nitrogens is 1. The van der Waals surface area contributed by atoms with E-state index in [9.17, 15) is 4.39 Å². The van der Waals surface area contributed by atoms with Crippen molar-refractivity contribution in [3.8, 4) is 11.3 Å². The zero-order valence-electron chi connectivity index (χ0n) is 8.85. The molecule has 1 aromatic heterocycles. The minimum absolute atomic E-state index is 0.244. The highest BCUT2D eigenvalue weighted by Crippen LogP contribution is 2.30. The van der Waals surface area contributed by atoms with E-state index in [4.69, 9.17) is 10.3 Å². The first kappa shape index (κ1) is 9.84. The highest BCUT2D eigenvalue weighted by molar-refractivity contribution is 5.96. The van der Waals surface area contributed by atoms with E-state index < -0.39 is 0 Å². The van der Waals surface area contributed by atoms with E-state index in [1.54, 1.807) is 24.3 Å². The van der Waals surface area contributed by atoms with Gasteiger partial charge in [-0.05, 0) is 17.5 Å².